The molecule has 0 unspecified atom stereocenters. The number of benzene rings is 8. The summed E-state index contributed by atoms with van der Waals surface area (Å²) in [4.78, 5) is 8.66. The minimum Gasteiger partial charge on any atom is -0.310 e. The van der Waals surface area contributed by atoms with E-state index in [0.717, 1.165) is 35.6 Å². The fourth-order valence-corrected chi connectivity index (χ4v) is 10.9. The Bertz CT molecular complexity index is 2730. The van der Waals surface area contributed by atoms with Crippen molar-refractivity contribution >= 4 is 72.1 Å². The Morgan fingerprint density at radius 1 is 0.500 bits per heavy atom. The Morgan fingerprint density at radius 2 is 0.871 bits per heavy atom. The highest BCUT2D eigenvalue weighted by atomic mass is 15.1. The van der Waals surface area contributed by atoms with Crippen LogP contribution in [0.25, 0.3) is 37.2 Å². The summed E-state index contributed by atoms with van der Waals surface area (Å²) in [5, 5.41) is 17.8. The molecule has 0 atom stereocenters. The van der Waals surface area contributed by atoms with Crippen LogP contribution in [0.3, 0.4) is 0 Å². The maximum absolute atomic E-state index is 9.83. The largest absolute Gasteiger partial charge is 0.310 e. The second kappa shape index (κ2) is 17.0. The molecule has 4 heteroatoms. The average Bonchev–Trinajstić information content (AvgIpc) is 3.35. The van der Waals surface area contributed by atoms with Gasteiger partial charge in [-0.3, -0.25) is 0 Å². The van der Waals surface area contributed by atoms with E-state index in [1.54, 1.807) is 0 Å². The van der Waals surface area contributed by atoms with E-state index < -0.39 is 0 Å². The van der Waals surface area contributed by atoms with Crippen LogP contribution in [-0.4, -0.2) is 0 Å². The van der Waals surface area contributed by atoms with Crippen LogP contribution in [0.4, 0.5) is 39.8 Å². The lowest BCUT2D eigenvalue weighted by Gasteiger charge is -2.33. The molecule has 10 rings (SSSR count). The molecule has 0 radical (unpaired) electrons. The van der Waals surface area contributed by atoms with Crippen LogP contribution in [0.2, 0.25) is 0 Å². The molecule has 2 fully saturated rings. The summed E-state index contributed by atoms with van der Waals surface area (Å²) in [6.45, 7) is 12.2. The lowest BCUT2D eigenvalue weighted by atomic mass is 9.77. The molecular formula is C58H54N4. The third kappa shape index (κ3) is 7.12. The first-order valence-electron chi connectivity index (χ1n) is 23.1. The highest BCUT2D eigenvalue weighted by Crippen LogP contribution is 2.53. The monoisotopic (exact) mass is 806 g/mol. The van der Waals surface area contributed by atoms with E-state index in [0.29, 0.717) is 23.1 Å². The highest BCUT2D eigenvalue weighted by molar-refractivity contribution is 6.29. The molecule has 0 N–H and O–H groups in total. The van der Waals surface area contributed by atoms with Gasteiger partial charge in [0, 0.05) is 33.5 Å². The number of nitriles is 1. The van der Waals surface area contributed by atoms with Crippen molar-refractivity contribution in [2.45, 2.75) is 103 Å². The first-order valence-corrected chi connectivity index (χ1v) is 23.1. The van der Waals surface area contributed by atoms with Crippen LogP contribution in [0.1, 0.15) is 118 Å². The van der Waals surface area contributed by atoms with Crippen LogP contribution in [0.15, 0.2) is 133 Å². The average molecular weight is 807 g/mol. The molecule has 62 heavy (non-hydrogen) atoms. The quantitative estimate of drug-likeness (QED) is 0.102. The first kappa shape index (κ1) is 39.5. The molecule has 0 bridgehead atoms. The van der Waals surface area contributed by atoms with Crippen molar-refractivity contribution in [3.63, 3.8) is 0 Å². The van der Waals surface area contributed by atoms with Gasteiger partial charge in [0.1, 0.15) is 0 Å². The summed E-state index contributed by atoms with van der Waals surface area (Å²) in [7, 11) is 0. The highest BCUT2D eigenvalue weighted by Gasteiger charge is 2.29. The van der Waals surface area contributed by atoms with E-state index in [4.69, 9.17) is 6.57 Å². The summed E-state index contributed by atoms with van der Waals surface area (Å²) in [5.74, 6) is 0.953. The Morgan fingerprint density at radius 3 is 1.24 bits per heavy atom. The van der Waals surface area contributed by atoms with E-state index in [1.165, 1.54) is 130 Å². The SMILES string of the molecule is [C-]#[N+]c1ccc(N(c2ccc(CC)cc2)c2cc(C3CCCCC3)c3ccc4c(N(c5ccc(C#N)cc5)c5ccc(CC)cc5)cc(C5CCCCC5)c5ccc2c3c54)cc1. The molecule has 0 spiro atoms. The number of anilines is 6. The molecule has 2 saturated carbocycles. The topological polar surface area (TPSA) is 34.6 Å². The number of hydrogen-bond donors (Lipinski definition) is 0. The standard InChI is InChI=1S/C58H54N4/c1-4-39-16-24-45(25-17-39)61(47-28-20-41(38-59)21-29-47)55-36-53(42-12-8-6-9-13-42)49-33-35-52-56(37-54(43-14-10-7-11-15-43)50-32-34-51(55)57(49)58(50)52)62(46-26-18-40(5-2)19-27-46)48-30-22-44(60-3)23-31-48/h16-37,42-43H,4-15H2,1-2H3. The van der Waals surface area contributed by atoms with Crippen LogP contribution in [-0.2, 0) is 12.8 Å². The Hall–Kier alpha value is -6.62. The fourth-order valence-electron chi connectivity index (χ4n) is 10.9. The van der Waals surface area contributed by atoms with E-state index in [1.807, 2.05) is 24.3 Å². The summed E-state index contributed by atoms with van der Waals surface area (Å²) in [5.41, 5.74) is 13.6. The third-order valence-corrected chi connectivity index (χ3v) is 14.2. The summed E-state index contributed by atoms with van der Waals surface area (Å²) < 4.78 is 0. The number of rotatable bonds is 10. The minimum absolute atomic E-state index is 0.476. The van der Waals surface area contributed by atoms with Crippen LogP contribution >= 0.6 is 0 Å². The lowest BCUT2D eigenvalue weighted by molar-refractivity contribution is 0.445. The Labute approximate surface area is 367 Å². The second-order valence-corrected chi connectivity index (χ2v) is 17.7. The van der Waals surface area contributed by atoms with Gasteiger partial charge < -0.3 is 9.80 Å². The van der Waals surface area contributed by atoms with Crippen molar-refractivity contribution in [2.75, 3.05) is 9.80 Å². The van der Waals surface area contributed by atoms with E-state index in [2.05, 4.69) is 144 Å². The van der Waals surface area contributed by atoms with Crippen molar-refractivity contribution in [3.8, 4) is 6.07 Å². The van der Waals surface area contributed by atoms with Gasteiger partial charge in [-0.25, -0.2) is 4.85 Å². The normalized spacial score (nSPS) is 14.9. The summed E-state index contributed by atoms with van der Waals surface area (Å²) in [6.07, 6.45) is 14.4. The maximum atomic E-state index is 9.83. The maximum Gasteiger partial charge on any atom is 0.187 e. The number of nitrogens with zero attached hydrogens (tertiary/aromatic N) is 4. The van der Waals surface area contributed by atoms with Gasteiger partial charge >= 0.3 is 0 Å². The Balaban J connectivity index is 1.32. The zero-order valence-corrected chi connectivity index (χ0v) is 36.1. The molecule has 8 aromatic rings. The van der Waals surface area contributed by atoms with Gasteiger partial charge in [-0.2, -0.15) is 5.26 Å². The molecule has 306 valence electrons. The molecule has 0 saturated heterocycles. The number of aryl methyl sites for hydroxylation is 2. The van der Waals surface area contributed by atoms with Crippen LogP contribution in [0, 0.1) is 17.9 Å². The van der Waals surface area contributed by atoms with Crippen molar-refractivity contribution in [1.29, 1.82) is 5.26 Å². The molecule has 8 aromatic carbocycles. The smallest absolute Gasteiger partial charge is 0.187 e. The fraction of sp³-hybridized carbons (Fsp3) is 0.276. The van der Waals surface area contributed by atoms with Gasteiger partial charge in [0.15, 0.2) is 5.69 Å². The third-order valence-electron chi connectivity index (χ3n) is 14.2. The van der Waals surface area contributed by atoms with Crippen LogP contribution < -0.4 is 9.80 Å². The second-order valence-electron chi connectivity index (χ2n) is 17.7. The summed E-state index contributed by atoms with van der Waals surface area (Å²) >= 11 is 0. The summed E-state index contributed by atoms with van der Waals surface area (Å²) in [6, 6.07) is 51.6. The molecule has 0 aromatic heterocycles. The Kier molecular flexibility index (Phi) is 10.9. The van der Waals surface area contributed by atoms with Crippen molar-refractivity contribution in [2.24, 2.45) is 0 Å². The van der Waals surface area contributed by atoms with Gasteiger partial charge in [0.25, 0.3) is 0 Å². The van der Waals surface area contributed by atoms with E-state index >= 15 is 0 Å². The molecule has 0 amide bonds. The zero-order valence-electron chi connectivity index (χ0n) is 36.1. The van der Waals surface area contributed by atoms with E-state index in [-0.39, 0.29) is 0 Å². The van der Waals surface area contributed by atoms with Crippen LogP contribution in [0.5, 0.6) is 0 Å². The molecule has 4 nitrogen and oxygen atoms in total. The van der Waals surface area contributed by atoms with Crippen molar-refractivity contribution in [1.82, 2.24) is 0 Å². The van der Waals surface area contributed by atoms with Crippen molar-refractivity contribution in [3.05, 3.63) is 173 Å². The first-order chi connectivity index (χ1) is 30.6. The van der Waals surface area contributed by atoms with Gasteiger partial charge in [-0.05, 0) is 167 Å². The van der Waals surface area contributed by atoms with E-state index in [9.17, 15) is 5.26 Å². The predicted molar refractivity (Wildman–Crippen MR) is 261 cm³/mol. The van der Waals surface area contributed by atoms with Gasteiger partial charge in [0.2, 0.25) is 0 Å². The number of hydrogen-bond acceptors (Lipinski definition) is 3. The molecule has 0 heterocycles. The van der Waals surface area contributed by atoms with Crippen molar-refractivity contribution < 1.29 is 0 Å². The minimum atomic E-state index is 0.476. The molecule has 2 aliphatic carbocycles. The molecule has 2 aliphatic rings. The van der Waals surface area contributed by atoms with Gasteiger partial charge in [0.05, 0.1) is 29.6 Å². The molecular weight excluding hydrogens is 753 g/mol. The molecule has 0 aliphatic heterocycles. The zero-order chi connectivity index (χ0) is 42.2. The van der Waals surface area contributed by atoms with Gasteiger partial charge in [-0.1, -0.05) is 113 Å². The lowest BCUT2D eigenvalue weighted by Crippen LogP contribution is -2.14. The predicted octanol–water partition coefficient (Wildman–Crippen LogP) is 17.2. The van der Waals surface area contributed by atoms with Gasteiger partial charge in [-0.15, -0.1) is 0 Å².